The van der Waals surface area contributed by atoms with Crippen LogP contribution in [0.1, 0.15) is 16.8 Å². The summed E-state index contributed by atoms with van der Waals surface area (Å²) in [5.41, 5.74) is -2.26. The number of halogens is 6. The number of aryl methyl sites for hydroxylation is 1. The molecule has 2 N–H and O–H groups in total. The number of H-pyrrole nitrogens is 1. The Morgan fingerprint density at radius 1 is 0.839 bits per heavy atom. The summed E-state index contributed by atoms with van der Waals surface area (Å²) in [4.78, 5) is 8.40. The van der Waals surface area contributed by atoms with Crippen LogP contribution < -0.4 is 5.32 Å². The molecule has 0 amide bonds. The Bertz CT molecular complexity index is 1230. The molecule has 2 aromatic carbocycles. The average molecular weight is 437 g/mol. The van der Waals surface area contributed by atoms with Gasteiger partial charge < -0.3 is 5.32 Å². The fraction of sp³-hybridized carbons (Fsp3) is 0.150. The Balaban J connectivity index is 1.92. The van der Waals surface area contributed by atoms with Crippen LogP contribution in [0.2, 0.25) is 0 Å². The SMILES string of the molecule is Cc1cc(Nc2nc(-c3cc(C(F)(F)F)cc(C(F)(F)F)c3)nc3ccccc23)[nH]n1. The number of hydrogen-bond donors (Lipinski definition) is 2. The van der Waals surface area contributed by atoms with Gasteiger partial charge in [-0.2, -0.15) is 31.4 Å². The molecule has 0 atom stereocenters. The topological polar surface area (TPSA) is 66.5 Å². The lowest BCUT2D eigenvalue weighted by molar-refractivity contribution is -0.143. The maximum absolute atomic E-state index is 13.2. The monoisotopic (exact) mass is 437 g/mol. The number of aromatic nitrogens is 4. The molecule has 4 rings (SSSR count). The molecule has 0 unspecified atom stereocenters. The lowest BCUT2D eigenvalue weighted by Crippen LogP contribution is -2.11. The number of rotatable bonds is 3. The lowest BCUT2D eigenvalue weighted by atomic mass is 10.0. The van der Waals surface area contributed by atoms with E-state index in [-0.39, 0.29) is 17.7 Å². The zero-order valence-electron chi connectivity index (χ0n) is 15.7. The second-order valence-electron chi connectivity index (χ2n) is 6.76. The third kappa shape index (κ3) is 4.30. The molecule has 11 heteroatoms. The van der Waals surface area contributed by atoms with Gasteiger partial charge in [0.1, 0.15) is 11.6 Å². The van der Waals surface area contributed by atoms with Crippen molar-refractivity contribution in [2.75, 3.05) is 5.32 Å². The molecule has 0 saturated carbocycles. The van der Waals surface area contributed by atoms with E-state index in [9.17, 15) is 26.3 Å². The van der Waals surface area contributed by atoms with Crippen LogP contribution in [0.4, 0.5) is 38.0 Å². The van der Waals surface area contributed by atoms with Gasteiger partial charge in [0.05, 0.1) is 22.3 Å². The van der Waals surface area contributed by atoms with Crippen LogP contribution in [0.3, 0.4) is 0 Å². The minimum absolute atomic E-state index is 0.0666. The summed E-state index contributed by atoms with van der Waals surface area (Å²) in [5.74, 6) is 0.372. The molecule has 0 radical (unpaired) electrons. The van der Waals surface area contributed by atoms with Crippen molar-refractivity contribution in [3.63, 3.8) is 0 Å². The van der Waals surface area contributed by atoms with Crippen LogP contribution in [-0.2, 0) is 12.4 Å². The van der Waals surface area contributed by atoms with Crippen LogP contribution >= 0.6 is 0 Å². The minimum atomic E-state index is -4.97. The van der Waals surface area contributed by atoms with Crippen LogP contribution in [0, 0.1) is 6.92 Å². The quantitative estimate of drug-likeness (QED) is 0.380. The first-order chi connectivity index (χ1) is 14.5. The number of nitrogens with zero attached hydrogens (tertiary/aromatic N) is 3. The van der Waals surface area contributed by atoms with Crippen molar-refractivity contribution in [3.05, 3.63) is 65.4 Å². The fourth-order valence-electron chi connectivity index (χ4n) is 3.00. The number of fused-ring (bicyclic) bond motifs is 1. The van der Waals surface area contributed by atoms with Crippen LogP contribution in [0.5, 0.6) is 0 Å². The molecule has 0 aliphatic rings. The summed E-state index contributed by atoms with van der Waals surface area (Å²) < 4.78 is 79.5. The van der Waals surface area contributed by atoms with Crippen LogP contribution in [0.15, 0.2) is 48.5 Å². The van der Waals surface area contributed by atoms with E-state index in [0.29, 0.717) is 34.5 Å². The molecule has 5 nitrogen and oxygen atoms in total. The van der Waals surface area contributed by atoms with Gasteiger partial charge in [-0.3, -0.25) is 5.10 Å². The van der Waals surface area contributed by atoms with Crippen molar-refractivity contribution in [3.8, 4) is 11.4 Å². The number of benzene rings is 2. The van der Waals surface area contributed by atoms with E-state index < -0.39 is 29.0 Å². The smallest absolute Gasteiger partial charge is 0.325 e. The largest absolute Gasteiger partial charge is 0.416 e. The molecule has 4 aromatic rings. The molecule has 0 spiro atoms. The highest BCUT2D eigenvalue weighted by Crippen LogP contribution is 2.38. The predicted molar refractivity (Wildman–Crippen MR) is 102 cm³/mol. The first kappa shape index (κ1) is 20.6. The molecule has 0 fully saturated rings. The Hall–Kier alpha value is -3.63. The molecule has 31 heavy (non-hydrogen) atoms. The number of aromatic amines is 1. The van der Waals surface area contributed by atoms with Gasteiger partial charge in [-0.05, 0) is 37.3 Å². The number of anilines is 2. The van der Waals surface area contributed by atoms with Gasteiger partial charge in [0.15, 0.2) is 5.82 Å². The standard InChI is InChI=1S/C20H13F6N5/c1-10-6-16(31-30-10)28-18-14-4-2-3-5-15(14)27-17(29-18)11-7-12(19(21,22)23)9-13(8-11)20(24,25)26/h2-9H,1H3,(H2,27,28,29,30,31). The first-order valence-corrected chi connectivity index (χ1v) is 8.86. The van der Waals surface area contributed by atoms with Crippen LogP contribution in [-0.4, -0.2) is 20.2 Å². The number of alkyl halides is 6. The molecule has 160 valence electrons. The van der Waals surface area contributed by atoms with Crippen molar-refractivity contribution in [1.82, 2.24) is 20.2 Å². The molecular formula is C20H13F6N5. The van der Waals surface area contributed by atoms with E-state index in [1.54, 1.807) is 37.3 Å². The zero-order chi connectivity index (χ0) is 22.4. The molecule has 0 bridgehead atoms. The second-order valence-corrected chi connectivity index (χ2v) is 6.76. The maximum atomic E-state index is 13.2. The Kier molecular flexibility index (Phi) is 4.83. The van der Waals surface area contributed by atoms with E-state index in [2.05, 4.69) is 25.5 Å². The maximum Gasteiger partial charge on any atom is 0.416 e. The van der Waals surface area contributed by atoms with Gasteiger partial charge in [0.2, 0.25) is 0 Å². The number of nitrogens with one attached hydrogen (secondary N) is 2. The Morgan fingerprint density at radius 3 is 2.06 bits per heavy atom. The van der Waals surface area contributed by atoms with E-state index in [1.165, 1.54) is 0 Å². The summed E-state index contributed by atoms with van der Waals surface area (Å²) >= 11 is 0. The molecule has 0 aliphatic heterocycles. The van der Waals surface area contributed by atoms with Crippen molar-refractivity contribution in [1.29, 1.82) is 0 Å². The Morgan fingerprint density at radius 2 is 1.48 bits per heavy atom. The van der Waals surface area contributed by atoms with Crippen molar-refractivity contribution < 1.29 is 26.3 Å². The summed E-state index contributed by atoms with van der Waals surface area (Å²) in [6, 6.07) is 9.56. The highest BCUT2D eigenvalue weighted by molar-refractivity contribution is 5.92. The van der Waals surface area contributed by atoms with Crippen molar-refractivity contribution in [2.45, 2.75) is 19.3 Å². The van der Waals surface area contributed by atoms with Gasteiger partial charge in [-0.15, -0.1) is 0 Å². The number of para-hydroxylation sites is 1. The van der Waals surface area contributed by atoms with E-state index in [0.717, 1.165) is 0 Å². The molecular weight excluding hydrogens is 424 g/mol. The highest BCUT2D eigenvalue weighted by atomic mass is 19.4. The normalized spacial score (nSPS) is 12.4. The third-order valence-corrected chi connectivity index (χ3v) is 4.41. The summed E-state index contributed by atoms with van der Waals surface area (Å²) in [5, 5.41) is 10.2. The predicted octanol–water partition coefficient (Wildman–Crippen LogP) is 6.11. The molecule has 0 saturated heterocycles. The third-order valence-electron chi connectivity index (χ3n) is 4.41. The van der Waals surface area contributed by atoms with E-state index >= 15 is 0 Å². The molecule has 2 heterocycles. The summed E-state index contributed by atoms with van der Waals surface area (Å²) in [6.45, 7) is 1.74. The summed E-state index contributed by atoms with van der Waals surface area (Å²) in [6.07, 6.45) is -9.94. The van der Waals surface area contributed by atoms with E-state index in [4.69, 9.17) is 0 Å². The zero-order valence-corrected chi connectivity index (χ0v) is 15.7. The van der Waals surface area contributed by atoms with E-state index in [1.807, 2.05) is 0 Å². The second kappa shape index (κ2) is 7.25. The van der Waals surface area contributed by atoms with Gasteiger partial charge in [0, 0.05) is 17.0 Å². The summed E-state index contributed by atoms with van der Waals surface area (Å²) in [7, 11) is 0. The van der Waals surface area contributed by atoms with Crippen molar-refractivity contribution in [2.24, 2.45) is 0 Å². The minimum Gasteiger partial charge on any atom is -0.325 e. The highest BCUT2D eigenvalue weighted by Gasteiger charge is 2.37. The van der Waals surface area contributed by atoms with Gasteiger partial charge in [-0.1, -0.05) is 12.1 Å². The van der Waals surface area contributed by atoms with Crippen LogP contribution in [0.25, 0.3) is 22.3 Å². The molecule has 2 aromatic heterocycles. The number of hydrogen-bond acceptors (Lipinski definition) is 4. The van der Waals surface area contributed by atoms with Crippen molar-refractivity contribution >= 4 is 22.5 Å². The first-order valence-electron chi connectivity index (χ1n) is 8.86. The Labute approximate surface area is 171 Å². The van der Waals surface area contributed by atoms with Gasteiger partial charge >= 0.3 is 12.4 Å². The van der Waals surface area contributed by atoms with Gasteiger partial charge in [-0.25, -0.2) is 9.97 Å². The molecule has 0 aliphatic carbocycles. The fourth-order valence-corrected chi connectivity index (χ4v) is 3.00. The lowest BCUT2D eigenvalue weighted by Gasteiger charge is -2.15. The van der Waals surface area contributed by atoms with Gasteiger partial charge in [0.25, 0.3) is 0 Å². The average Bonchev–Trinajstić information content (AvgIpc) is 3.11.